The van der Waals surface area contributed by atoms with Crippen LogP contribution in [0.5, 0.6) is 0 Å². The predicted molar refractivity (Wildman–Crippen MR) is 363 cm³/mol. The van der Waals surface area contributed by atoms with Crippen LogP contribution in [0.4, 0.5) is 0 Å². The van der Waals surface area contributed by atoms with Crippen LogP contribution >= 0.6 is 0 Å². The first kappa shape index (κ1) is 82.9. The smallest absolute Gasteiger partial charge is 0.335 e. The molecule has 0 heterocycles. The standard InChI is InChI=1S/C20H20O4.C13H12.C12H10.C11H8O2.C7H6O2.6C2H4O2/c1-19(2)11-20(3,14-7-4-12(5-8-14)17(21)22)16-10-13(18(23)24)6-9-15(16)19;1-3-7-12(8-4-1)11-13-9-5-2-6-10-13;1-3-7-11(8-4-1)12-9-5-2-6-10-12;12-11(13)10-6-5-8-3-1-2-4-9(8)7-10;8-7(9)6-4-2-1-3-5-6;6*1-2(3)4/h4-10H,11H2,1-3H3,(H,21,22)(H,23,24);1-10H,11H2;1-10H;1-7H,(H,12,13);1-5H,(H,8,9);6*1H3,(H,3,4). The van der Waals surface area contributed by atoms with Gasteiger partial charge in [0.2, 0.25) is 0 Å². The van der Waals surface area contributed by atoms with Gasteiger partial charge in [-0.15, -0.1) is 0 Å². The third kappa shape index (κ3) is 37.0. The second kappa shape index (κ2) is 44.4. The van der Waals surface area contributed by atoms with Gasteiger partial charge in [0.1, 0.15) is 0 Å². The summed E-state index contributed by atoms with van der Waals surface area (Å²) in [6.45, 7) is 12.9. The van der Waals surface area contributed by atoms with Crippen LogP contribution in [0, 0.1) is 0 Å². The molecule has 0 radical (unpaired) electrons. The molecule has 10 rings (SSSR count). The third-order valence-corrected chi connectivity index (χ3v) is 12.1. The summed E-state index contributed by atoms with van der Waals surface area (Å²) in [5.41, 5.74) is 9.22. The van der Waals surface area contributed by atoms with Crippen molar-refractivity contribution < 1.29 is 99.0 Å². The lowest BCUT2D eigenvalue weighted by Gasteiger charge is -2.28. The van der Waals surface area contributed by atoms with Crippen molar-refractivity contribution in [1.82, 2.24) is 0 Å². The molecule has 0 aliphatic heterocycles. The van der Waals surface area contributed by atoms with Crippen LogP contribution in [0.2, 0.25) is 0 Å². The SMILES string of the molecule is CC(=O)O.CC(=O)O.CC(=O)O.CC(=O)O.CC(=O)O.CC(=O)O.CC1(C)CC(C)(c2ccc(C(=O)O)cc2)c2cc(C(=O)O)ccc21.O=C(O)c1ccc2ccccc2c1.O=C(O)c1ccccc1.c1ccc(-c2ccccc2)cc1.c1ccc(Cc2ccccc2)cc1. The van der Waals surface area contributed by atoms with Gasteiger partial charge in [0, 0.05) is 47.0 Å². The van der Waals surface area contributed by atoms with E-state index in [1.54, 1.807) is 66.7 Å². The highest BCUT2D eigenvalue weighted by Gasteiger charge is 2.46. The van der Waals surface area contributed by atoms with E-state index in [2.05, 4.69) is 130 Å². The van der Waals surface area contributed by atoms with Gasteiger partial charge < -0.3 is 51.1 Å². The number of hydrogen-bond donors (Lipinski definition) is 10. The van der Waals surface area contributed by atoms with Gasteiger partial charge >= 0.3 is 23.9 Å². The van der Waals surface area contributed by atoms with E-state index in [9.17, 15) is 24.3 Å². The molecule has 1 unspecified atom stereocenters. The highest BCUT2D eigenvalue weighted by molar-refractivity contribution is 5.94. The average molecular weight is 1300 g/mol. The lowest BCUT2D eigenvalue weighted by atomic mass is 9.75. The molecule has 0 fully saturated rings. The molecule has 1 aliphatic rings. The molecule has 1 atom stereocenters. The number of carbonyl (C=O) groups is 10. The molecular weight excluding hydrogens is 1220 g/mol. The zero-order valence-electron chi connectivity index (χ0n) is 54.0. The molecule has 500 valence electrons. The number of carboxylic acid groups (broad SMARTS) is 10. The number of rotatable bonds is 8. The van der Waals surface area contributed by atoms with E-state index < -0.39 is 59.7 Å². The Kier molecular flexibility index (Phi) is 38.8. The van der Waals surface area contributed by atoms with Gasteiger partial charge in [0.05, 0.1) is 22.3 Å². The molecule has 10 N–H and O–H groups in total. The van der Waals surface area contributed by atoms with Crippen molar-refractivity contribution >= 4 is 70.5 Å². The molecular formula is C75H80O20. The van der Waals surface area contributed by atoms with Gasteiger partial charge in [-0.2, -0.15) is 0 Å². The largest absolute Gasteiger partial charge is 0.481 e. The summed E-state index contributed by atoms with van der Waals surface area (Å²) < 4.78 is 0. The molecule has 20 heteroatoms. The first-order valence-corrected chi connectivity index (χ1v) is 28.6. The summed E-state index contributed by atoms with van der Waals surface area (Å²) in [5.74, 6) is -8.65. The molecule has 9 aromatic rings. The van der Waals surface area contributed by atoms with Crippen LogP contribution in [-0.4, -0.2) is 111 Å². The minimum Gasteiger partial charge on any atom is -0.481 e. The topological polar surface area (TPSA) is 373 Å². The van der Waals surface area contributed by atoms with Crippen molar-refractivity contribution in [2.24, 2.45) is 0 Å². The third-order valence-electron chi connectivity index (χ3n) is 12.1. The minimum absolute atomic E-state index is 0.0768. The fraction of sp³-hybridized carbons (Fsp3) is 0.173. The Hall–Kier alpha value is -12.1. The monoisotopic (exact) mass is 1300 g/mol. The predicted octanol–water partition coefficient (Wildman–Crippen LogP) is 15.2. The van der Waals surface area contributed by atoms with Crippen LogP contribution < -0.4 is 0 Å². The summed E-state index contributed by atoms with van der Waals surface area (Å²) in [6, 6.07) is 75.2. The van der Waals surface area contributed by atoms with E-state index in [1.165, 1.54) is 22.3 Å². The van der Waals surface area contributed by atoms with Gasteiger partial charge in [0.25, 0.3) is 35.8 Å². The number of hydrogen-bond acceptors (Lipinski definition) is 10. The number of aromatic carboxylic acids is 4. The number of carboxylic acids is 10. The van der Waals surface area contributed by atoms with E-state index in [4.69, 9.17) is 74.7 Å². The molecule has 0 bridgehead atoms. The van der Waals surface area contributed by atoms with Crippen LogP contribution in [-0.2, 0) is 46.0 Å². The van der Waals surface area contributed by atoms with Gasteiger partial charge in [-0.05, 0) is 117 Å². The summed E-state index contributed by atoms with van der Waals surface area (Å²) in [7, 11) is 0. The van der Waals surface area contributed by atoms with E-state index in [0.717, 1.165) is 81.8 Å². The lowest BCUT2D eigenvalue weighted by molar-refractivity contribution is -0.135. The maximum absolute atomic E-state index is 11.4. The first-order chi connectivity index (χ1) is 44.5. The lowest BCUT2D eigenvalue weighted by Crippen LogP contribution is -2.23. The molecule has 0 saturated carbocycles. The molecule has 0 spiro atoms. The van der Waals surface area contributed by atoms with Gasteiger partial charge in [-0.25, -0.2) is 19.2 Å². The molecule has 0 aromatic heterocycles. The van der Waals surface area contributed by atoms with Crippen molar-refractivity contribution in [3.05, 3.63) is 287 Å². The fourth-order valence-electron chi connectivity index (χ4n) is 8.63. The maximum Gasteiger partial charge on any atom is 0.335 e. The summed E-state index contributed by atoms with van der Waals surface area (Å²) in [6.07, 6.45) is 1.87. The summed E-state index contributed by atoms with van der Waals surface area (Å²) in [5, 5.41) is 82.0. The van der Waals surface area contributed by atoms with Crippen LogP contribution in [0.3, 0.4) is 0 Å². The van der Waals surface area contributed by atoms with Crippen LogP contribution in [0.15, 0.2) is 237 Å². The first-order valence-electron chi connectivity index (χ1n) is 28.6. The maximum atomic E-state index is 11.4. The van der Waals surface area contributed by atoms with E-state index in [-0.39, 0.29) is 22.0 Å². The Bertz CT molecular complexity index is 3640. The van der Waals surface area contributed by atoms with Crippen molar-refractivity contribution in [1.29, 1.82) is 0 Å². The highest BCUT2D eigenvalue weighted by atomic mass is 16.4. The average Bonchev–Trinajstić information content (AvgIpc) is 1.58. The molecule has 0 saturated heterocycles. The Balaban J connectivity index is 0.00000110. The second-order valence-electron chi connectivity index (χ2n) is 20.9. The number of aliphatic carboxylic acids is 6. The van der Waals surface area contributed by atoms with Crippen molar-refractivity contribution in [2.45, 2.75) is 86.0 Å². The normalized spacial score (nSPS) is 11.8. The zero-order valence-corrected chi connectivity index (χ0v) is 54.0. The van der Waals surface area contributed by atoms with Gasteiger partial charge in [0.15, 0.2) is 0 Å². The van der Waals surface area contributed by atoms with Crippen molar-refractivity contribution in [3.63, 3.8) is 0 Å². The minimum atomic E-state index is -0.952. The van der Waals surface area contributed by atoms with Gasteiger partial charge in [-0.3, -0.25) is 28.8 Å². The Morgan fingerprint density at radius 1 is 0.295 bits per heavy atom. The van der Waals surface area contributed by atoms with Crippen LogP contribution in [0.25, 0.3) is 21.9 Å². The Morgan fingerprint density at radius 3 is 0.905 bits per heavy atom. The molecule has 0 amide bonds. The van der Waals surface area contributed by atoms with E-state index >= 15 is 0 Å². The Labute approximate surface area is 551 Å². The highest BCUT2D eigenvalue weighted by Crippen LogP contribution is 2.53. The van der Waals surface area contributed by atoms with Crippen molar-refractivity contribution in [2.75, 3.05) is 0 Å². The van der Waals surface area contributed by atoms with E-state index in [0.29, 0.717) is 11.1 Å². The quantitative estimate of drug-likeness (QED) is 0.0675. The zero-order chi connectivity index (χ0) is 72.3. The van der Waals surface area contributed by atoms with Crippen LogP contribution in [0.1, 0.15) is 138 Å². The molecule has 20 nitrogen and oxygen atoms in total. The Morgan fingerprint density at radius 2 is 0.568 bits per heavy atom. The fourth-order valence-corrected chi connectivity index (χ4v) is 8.63. The number of fused-ring (bicyclic) bond motifs is 2. The molecule has 1 aliphatic carbocycles. The molecule has 95 heavy (non-hydrogen) atoms. The number of benzene rings is 9. The second-order valence-corrected chi connectivity index (χ2v) is 20.9. The van der Waals surface area contributed by atoms with E-state index in [1.807, 2.05) is 60.7 Å². The van der Waals surface area contributed by atoms with Gasteiger partial charge in [-0.1, -0.05) is 209 Å². The summed E-state index contributed by atoms with van der Waals surface area (Å²) >= 11 is 0. The summed E-state index contributed by atoms with van der Waals surface area (Å²) in [4.78, 5) is 97.3. The molecule has 9 aromatic carbocycles. The van der Waals surface area contributed by atoms with Crippen molar-refractivity contribution in [3.8, 4) is 11.1 Å².